The summed E-state index contributed by atoms with van der Waals surface area (Å²) in [6.07, 6.45) is 0. The number of carbonyl (C=O) groups excluding carboxylic acids is 2. The van der Waals surface area contributed by atoms with Gasteiger partial charge >= 0.3 is 0 Å². The summed E-state index contributed by atoms with van der Waals surface area (Å²) in [5, 5.41) is 5.80. The fourth-order valence-electron chi connectivity index (χ4n) is 2.25. The molecule has 1 unspecified atom stereocenters. The lowest BCUT2D eigenvalue weighted by atomic mass is 10.1. The van der Waals surface area contributed by atoms with Crippen LogP contribution < -0.4 is 10.6 Å². The van der Waals surface area contributed by atoms with Crippen LogP contribution in [0.5, 0.6) is 0 Å². The minimum Gasteiger partial charge on any atom is -0.380 e. The van der Waals surface area contributed by atoms with Crippen LogP contribution >= 0.6 is 11.6 Å². The van der Waals surface area contributed by atoms with Gasteiger partial charge in [0.2, 0.25) is 5.91 Å². The first kappa shape index (κ1) is 19.0. The largest absolute Gasteiger partial charge is 0.380 e. The number of hydrogen-bond acceptors (Lipinski definition) is 3. The molecule has 0 aliphatic carbocycles. The van der Waals surface area contributed by atoms with E-state index in [-0.39, 0.29) is 11.8 Å². The number of benzene rings is 2. The molecule has 2 aromatic rings. The van der Waals surface area contributed by atoms with Crippen molar-refractivity contribution in [2.45, 2.75) is 26.1 Å². The first-order chi connectivity index (χ1) is 12.0. The van der Waals surface area contributed by atoms with Gasteiger partial charge in [-0.25, -0.2) is 0 Å². The molecule has 0 bridgehead atoms. The summed E-state index contributed by atoms with van der Waals surface area (Å²) in [5.41, 5.74) is 2.38. The van der Waals surface area contributed by atoms with Gasteiger partial charge in [-0.05, 0) is 30.2 Å². The van der Waals surface area contributed by atoms with E-state index >= 15 is 0 Å². The second kappa shape index (κ2) is 9.20. The van der Waals surface area contributed by atoms with Crippen LogP contribution in [-0.4, -0.2) is 25.0 Å². The zero-order chi connectivity index (χ0) is 18.2. The molecule has 0 aliphatic heterocycles. The molecule has 132 valence electrons. The molecular weight excluding hydrogens is 340 g/mol. The molecule has 5 nitrogen and oxygen atoms in total. The average molecular weight is 361 g/mol. The van der Waals surface area contributed by atoms with E-state index in [1.165, 1.54) is 0 Å². The van der Waals surface area contributed by atoms with Crippen molar-refractivity contribution in [3.05, 3.63) is 70.2 Å². The Morgan fingerprint density at radius 1 is 1.08 bits per heavy atom. The Kier molecular flexibility index (Phi) is 6.98. The Morgan fingerprint density at radius 3 is 2.36 bits per heavy atom. The standard InChI is InChI=1S/C19H21ClN2O3/c1-13(22-19(24)16-5-3-4-6-17(16)20)18(23)21-11-14-7-9-15(10-8-14)12-25-2/h3-10,13H,11-12H2,1-2H3,(H,21,23)(H,22,24). The molecule has 0 radical (unpaired) electrons. The van der Waals surface area contributed by atoms with E-state index in [1.54, 1.807) is 38.3 Å². The Morgan fingerprint density at radius 2 is 1.72 bits per heavy atom. The Bertz CT molecular complexity index is 732. The minimum atomic E-state index is -0.670. The van der Waals surface area contributed by atoms with E-state index in [2.05, 4.69) is 10.6 Å². The van der Waals surface area contributed by atoms with E-state index in [9.17, 15) is 9.59 Å². The fourth-order valence-corrected chi connectivity index (χ4v) is 2.47. The number of amides is 2. The van der Waals surface area contributed by atoms with Crippen LogP contribution in [0.2, 0.25) is 5.02 Å². The predicted molar refractivity (Wildman–Crippen MR) is 97.4 cm³/mol. The van der Waals surface area contributed by atoms with Gasteiger partial charge in [-0.1, -0.05) is 48.0 Å². The predicted octanol–water partition coefficient (Wildman–Crippen LogP) is 2.92. The normalized spacial score (nSPS) is 11.6. The number of ether oxygens (including phenoxy) is 1. The molecule has 2 amide bonds. The van der Waals surface area contributed by atoms with Gasteiger partial charge in [-0.3, -0.25) is 9.59 Å². The highest BCUT2D eigenvalue weighted by molar-refractivity contribution is 6.33. The van der Waals surface area contributed by atoms with Crippen molar-refractivity contribution in [1.82, 2.24) is 10.6 Å². The van der Waals surface area contributed by atoms with Gasteiger partial charge < -0.3 is 15.4 Å². The molecule has 25 heavy (non-hydrogen) atoms. The summed E-state index contributed by atoms with van der Waals surface area (Å²) in [6, 6.07) is 13.8. The first-order valence-corrected chi connectivity index (χ1v) is 8.29. The molecule has 0 aliphatic rings. The number of rotatable bonds is 7. The minimum absolute atomic E-state index is 0.263. The number of hydrogen-bond donors (Lipinski definition) is 2. The number of halogens is 1. The second-order valence-corrected chi connectivity index (χ2v) is 6.05. The van der Waals surface area contributed by atoms with Gasteiger partial charge in [0.15, 0.2) is 0 Å². The lowest BCUT2D eigenvalue weighted by Gasteiger charge is -2.15. The van der Waals surface area contributed by atoms with Crippen LogP contribution in [0.25, 0.3) is 0 Å². The van der Waals surface area contributed by atoms with Crippen LogP contribution in [0.1, 0.15) is 28.4 Å². The van der Waals surface area contributed by atoms with Gasteiger partial charge in [0.25, 0.3) is 5.91 Å². The summed E-state index contributed by atoms with van der Waals surface area (Å²) >= 11 is 5.99. The van der Waals surface area contributed by atoms with E-state index in [1.807, 2.05) is 24.3 Å². The number of carbonyl (C=O) groups is 2. The smallest absolute Gasteiger partial charge is 0.253 e. The highest BCUT2D eigenvalue weighted by Gasteiger charge is 2.17. The summed E-state index contributed by atoms with van der Waals surface area (Å²) in [6.45, 7) is 2.57. The van der Waals surface area contributed by atoms with Crippen molar-refractivity contribution < 1.29 is 14.3 Å². The second-order valence-electron chi connectivity index (χ2n) is 5.64. The van der Waals surface area contributed by atoms with Crippen LogP contribution in [0.3, 0.4) is 0 Å². The monoisotopic (exact) mass is 360 g/mol. The summed E-state index contributed by atoms with van der Waals surface area (Å²) in [7, 11) is 1.65. The highest BCUT2D eigenvalue weighted by atomic mass is 35.5. The molecule has 6 heteroatoms. The lowest BCUT2D eigenvalue weighted by molar-refractivity contribution is -0.122. The van der Waals surface area contributed by atoms with E-state index < -0.39 is 6.04 Å². The quantitative estimate of drug-likeness (QED) is 0.797. The molecular formula is C19H21ClN2O3. The van der Waals surface area contributed by atoms with Gasteiger partial charge in [-0.15, -0.1) is 0 Å². The van der Waals surface area contributed by atoms with Crippen molar-refractivity contribution in [3.63, 3.8) is 0 Å². The third-order valence-electron chi connectivity index (χ3n) is 3.66. The molecule has 2 aromatic carbocycles. The molecule has 0 spiro atoms. The maximum Gasteiger partial charge on any atom is 0.253 e. The van der Waals surface area contributed by atoms with E-state index in [0.29, 0.717) is 23.7 Å². The Hall–Kier alpha value is -2.37. The van der Waals surface area contributed by atoms with Gasteiger partial charge in [0, 0.05) is 13.7 Å². The van der Waals surface area contributed by atoms with Crippen LogP contribution in [0.15, 0.2) is 48.5 Å². The zero-order valence-corrected chi connectivity index (χ0v) is 15.0. The molecule has 1 atom stereocenters. The molecule has 0 heterocycles. The molecule has 0 fully saturated rings. The zero-order valence-electron chi connectivity index (χ0n) is 14.2. The number of methoxy groups -OCH3 is 1. The third-order valence-corrected chi connectivity index (χ3v) is 3.99. The maximum atomic E-state index is 12.2. The summed E-state index contributed by atoms with van der Waals surface area (Å²) in [4.78, 5) is 24.3. The van der Waals surface area contributed by atoms with Crippen molar-refractivity contribution in [1.29, 1.82) is 0 Å². The third kappa shape index (κ3) is 5.59. The lowest BCUT2D eigenvalue weighted by Crippen LogP contribution is -2.44. The maximum absolute atomic E-state index is 12.2. The topological polar surface area (TPSA) is 67.4 Å². The Labute approximate surface area is 152 Å². The summed E-state index contributed by atoms with van der Waals surface area (Å²) in [5.74, 6) is -0.640. The van der Waals surface area contributed by atoms with Crippen LogP contribution in [-0.2, 0) is 22.7 Å². The van der Waals surface area contributed by atoms with Crippen molar-refractivity contribution in [2.24, 2.45) is 0 Å². The van der Waals surface area contributed by atoms with Crippen LogP contribution in [0.4, 0.5) is 0 Å². The molecule has 2 N–H and O–H groups in total. The number of nitrogens with one attached hydrogen (secondary N) is 2. The van der Waals surface area contributed by atoms with Gasteiger partial charge in [0.05, 0.1) is 17.2 Å². The van der Waals surface area contributed by atoms with Crippen molar-refractivity contribution >= 4 is 23.4 Å². The summed E-state index contributed by atoms with van der Waals surface area (Å²) < 4.78 is 5.06. The SMILES string of the molecule is COCc1ccc(CNC(=O)C(C)NC(=O)c2ccccc2Cl)cc1. The van der Waals surface area contributed by atoms with Crippen molar-refractivity contribution in [2.75, 3.05) is 7.11 Å². The first-order valence-electron chi connectivity index (χ1n) is 7.91. The molecule has 0 saturated heterocycles. The molecule has 2 rings (SSSR count). The van der Waals surface area contributed by atoms with Crippen LogP contribution in [0, 0.1) is 0 Å². The average Bonchev–Trinajstić information content (AvgIpc) is 2.61. The van der Waals surface area contributed by atoms with E-state index in [0.717, 1.165) is 11.1 Å². The Balaban J connectivity index is 1.85. The molecule has 0 saturated carbocycles. The molecule has 0 aromatic heterocycles. The van der Waals surface area contributed by atoms with Crippen molar-refractivity contribution in [3.8, 4) is 0 Å². The highest BCUT2D eigenvalue weighted by Crippen LogP contribution is 2.14. The fraction of sp³-hybridized carbons (Fsp3) is 0.263. The van der Waals surface area contributed by atoms with E-state index in [4.69, 9.17) is 16.3 Å². The van der Waals surface area contributed by atoms with Gasteiger partial charge in [0.1, 0.15) is 6.04 Å². The van der Waals surface area contributed by atoms with Gasteiger partial charge in [-0.2, -0.15) is 0 Å².